The summed E-state index contributed by atoms with van der Waals surface area (Å²) in [5.74, 6) is -2.05. The zero-order valence-corrected chi connectivity index (χ0v) is 20.4. The van der Waals surface area contributed by atoms with Gasteiger partial charge in [-0.05, 0) is 73.0 Å². The van der Waals surface area contributed by atoms with Crippen LogP contribution in [0, 0.1) is 3.57 Å². The molecular formula is C23H29IN2O6. The highest BCUT2D eigenvalue weighted by Gasteiger charge is 2.24. The number of ether oxygens (including phenoxy) is 1. The summed E-state index contributed by atoms with van der Waals surface area (Å²) in [5.41, 5.74) is 6.49. The van der Waals surface area contributed by atoms with Crippen LogP contribution in [0.1, 0.15) is 31.9 Å². The van der Waals surface area contributed by atoms with Crippen LogP contribution in [0.3, 0.4) is 0 Å². The second kappa shape index (κ2) is 13.0. The molecule has 2 rings (SSSR count). The van der Waals surface area contributed by atoms with E-state index in [1.807, 2.05) is 54.6 Å². The number of amides is 1. The summed E-state index contributed by atoms with van der Waals surface area (Å²) in [6.07, 6.45) is -0.128. The van der Waals surface area contributed by atoms with E-state index in [-0.39, 0.29) is 6.42 Å². The van der Waals surface area contributed by atoms with Gasteiger partial charge in [0.25, 0.3) is 0 Å². The van der Waals surface area contributed by atoms with Crippen molar-refractivity contribution in [1.82, 2.24) is 5.32 Å². The van der Waals surface area contributed by atoms with Crippen molar-refractivity contribution in [2.45, 2.75) is 51.3 Å². The monoisotopic (exact) mass is 556 g/mol. The molecule has 0 saturated heterocycles. The minimum atomic E-state index is -1.09. The molecule has 32 heavy (non-hydrogen) atoms. The molecule has 0 saturated carbocycles. The van der Waals surface area contributed by atoms with Crippen LogP contribution < -0.4 is 11.1 Å². The van der Waals surface area contributed by atoms with Gasteiger partial charge in [0.05, 0.1) is 0 Å². The molecule has 2 aromatic carbocycles. The number of nitrogens with one attached hydrogen (secondary N) is 1. The van der Waals surface area contributed by atoms with Crippen molar-refractivity contribution >= 4 is 40.6 Å². The van der Waals surface area contributed by atoms with Crippen molar-refractivity contribution in [2.24, 2.45) is 5.73 Å². The summed E-state index contributed by atoms with van der Waals surface area (Å²) < 4.78 is 6.13. The quantitative estimate of drug-likeness (QED) is 0.383. The number of halogens is 1. The summed E-state index contributed by atoms with van der Waals surface area (Å²) in [7, 11) is 0. The number of carbonyl (C=O) groups excluding carboxylic acids is 1. The second-order valence-electron chi connectivity index (χ2n) is 8.00. The molecule has 0 radical (unpaired) electrons. The molecular weight excluding hydrogens is 527 g/mol. The number of carboxylic acid groups (broad SMARTS) is 2. The van der Waals surface area contributed by atoms with Gasteiger partial charge in [0.2, 0.25) is 0 Å². The van der Waals surface area contributed by atoms with E-state index in [0.717, 1.165) is 14.7 Å². The highest BCUT2D eigenvalue weighted by molar-refractivity contribution is 14.1. The highest BCUT2D eigenvalue weighted by atomic mass is 127. The number of carbonyl (C=O) groups is 3. The van der Waals surface area contributed by atoms with Crippen molar-refractivity contribution in [3.8, 4) is 0 Å². The second-order valence-corrected chi connectivity index (χ2v) is 9.25. The standard InChI is InChI=1S/C14H18INO4.C9H11NO2/c1-14(2,3)20-13(19)16-11(12(17)18)8-9-4-6-10(15)7-5-9;10-8(9(11)12)6-7-4-2-1-3-5-7/h4-7,11H,8H2,1-3H3,(H,16,19)(H,17,18);1-5,8H,6,10H2,(H,11,12). The third-order valence-corrected chi connectivity index (χ3v) is 4.68. The largest absolute Gasteiger partial charge is 0.480 e. The third kappa shape index (κ3) is 11.7. The minimum Gasteiger partial charge on any atom is -0.480 e. The molecule has 0 aromatic heterocycles. The lowest BCUT2D eigenvalue weighted by Crippen LogP contribution is -2.44. The Labute approximate surface area is 201 Å². The predicted octanol–water partition coefficient (Wildman–Crippen LogP) is 3.45. The maximum Gasteiger partial charge on any atom is 0.408 e. The number of carboxylic acids is 2. The normalized spacial score (nSPS) is 12.5. The Balaban J connectivity index is 0.000000363. The lowest BCUT2D eigenvalue weighted by atomic mass is 10.1. The third-order valence-electron chi connectivity index (χ3n) is 3.96. The number of rotatable bonds is 7. The first kappa shape index (κ1) is 27.4. The molecule has 2 aromatic rings. The molecule has 0 aliphatic heterocycles. The van der Waals surface area contributed by atoms with E-state index in [9.17, 15) is 14.4 Å². The Hall–Kier alpha value is -2.66. The van der Waals surface area contributed by atoms with Crippen molar-refractivity contribution in [3.63, 3.8) is 0 Å². The van der Waals surface area contributed by atoms with Crippen LogP contribution >= 0.6 is 22.6 Å². The van der Waals surface area contributed by atoms with E-state index in [2.05, 4.69) is 27.9 Å². The summed E-state index contributed by atoms with van der Waals surface area (Å²) in [6, 6.07) is 15.0. The van der Waals surface area contributed by atoms with E-state index in [4.69, 9.17) is 20.7 Å². The van der Waals surface area contributed by atoms with Crippen molar-refractivity contribution in [2.75, 3.05) is 0 Å². The first-order valence-electron chi connectivity index (χ1n) is 9.86. The first-order valence-corrected chi connectivity index (χ1v) is 10.9. The van der Waals surface area contributed by atoms with E-state index < -0.39 is 35.7 Å². The zero-order valence-electron chi connectivity index (χ0n) is 18.2. The van der Waals surface area contributed by atoms with Crippen LogP contribution in [0.4, 0.5) is 4.79 Å². The van der Waals surface area contributed by atoms with Crippen molar-refractivity contribution in [1.29, 1.82) is 0 Å². The summed E-state index contributed by atoms with van der Waals surface area (Å²) in [5, 5.41) is 20.1. The van der Waals surface area contributed by atoms with Gasteiger partial charge in [-0.15, -0.1) is 0 Å². The smallest absolute Gasteiger partial charge is 0.408 e. The predicted molar refractivity (Wildman–Crippen MR) is 129 cm³/mol. The molecule has 5 N–H and O–H groups in total. The maximum absolute atomic E-state index is 11.6. The van der Waals surface area contributed by atoms with Gasteiger partial charge in [0.15, 0.2) is 0 Å². The average Bonchev–Trinajstić information content (AvgIpc) is 2.69. The molecule has 0 aliphatic carbocycles. The van der Waals surface area contributed by atoms with Crippen LogP contribution in [0.15, 0.2) is 54.6 Å². The number of aliphatic carboxylic acids is 2. The van der Waals surface area contributed by atoms with E-state index in [0.29, 0.717) is 6.42 Å². The maximum atomic E-state index is 11.6. The van der Waals surface area contributed by atoms with E-state index >= 15 is 0 Å². The van der Waals surface area contributed by atoms with Crippen LogP contribution in [0.5, 0.6) is 0 Å². The first-order chi connectivity index (χ1) is 14.9. The SMILES string of the molecule is CC(C)(C)OC(=O)NC(Cc1ccc(I)cc1)C(=O)O.NC(Cc1ccccc1)C(=O)O. The molecule has 0 fully saturated rings. The fourth-order valence-corrected chi connectivity index (χ4v) is 2.82. The average molecular weight is 556 g/mol. The summed E-state index contributed by atoms with van der Waals surface area (Å²) >= 11 is 2.17. The Bertz CT molecular complexity index is 882. The van der Waals surface area contributed by atoms with Gasteiger partial charge in [-0.1, -0.05) is 42.5 Å². The number of benzene rings is 2. The topological polar surface area (TPSA) is 139 Å². The minimum absolute atomic E-state index is 0.214. The lowest BCUT2D eigenvalue weighted by Gasteiger charge is -2.22. The molecule has 2 unspecified atom stereocenters. The number of alkyl carbamates (subject to hydrolysis) is 1. The molecule has 0 bridgehead atoms. The molecule has 0 heterocycles. The van der Waals surface area contributed by atoms with E-state index in [1.54, 1.807) is 20.8 Å². The van der Waals surface area contributed by atoms with Gasteiger partial charge in [-0.25, -0.2) is 9.59 Å². The summed E-state index contributed by atoms with van der Waals surface area (Å²) in [4.78, 5) is 33.2. The van der Waals surface area contributed by atoms with Gasteiger partial charge in [-0.2, -0.15) is 0 Å². The van der Waals surface area contributed by atoms with Crippen LogP contribution in [-0.4, -0.2) is 45.9 Å². The molecule has 1 amide bonds. The molecule has 174 valence electrons. The molecule has 0 aliphatic rings. The molecule has 0 spiro atoms. The van der Waals surface area contributed by atoms with Crippen LogP contribution in [-0.2, 0) is 27.2 Å². The van der Waals surface area contributed by atoms with Crippen molar-refractivity contribution < 1.29 is 29.3 Å². The lowest BCUT2D eigenvalue weighted by molar-refractivity contribution is -0.140. The Kier molecular flexibility index (Phi) is 11.1. The van der Waals surface area contributed by atoms with E-state index in [1.165, 1.54) is 0 Å². The van der Waals surface area contributed by atoms with Gasteiger partial charge >= 0.3 is 18.0 Å². The van der Waals surface area contributed by atoms with Crippen molar-refractivity contribution in [3.05, 3.63) is 69.3 Å². The Morgan fingerprint density at radius 1 is 0.938 bits per heavy atom. The highest BCUT2D eigenvalue weighted by Crippen LogP contribution is 2.11. The fraction of sp³-hybridized carbons (Fsp3) is 0.348. The fourth-order valence-electron chi connectivity index (χ4n) is 2.46. The van der Waals surface area contributed by atoms with Crippen LogP contribution in [0.2, 0.25) is 0 Å². The summed E-state index contributed by atoms with van der Waals surface area (Å²) in [6.45, 7) is 5.17. The van der Waals surface area contributed by atoms with Gasteiger partial charge < -0.3 is 26.0 Å². The zero-order chi connectivity index (χ0) is 24.3. The Morgan fingerprint density at radius 2 is 1.47 bits per heavy atom. The Morgan fingerprint density at radius 3 is 1.94 bits per heavy atom. The van der Waals surface area contributed by atoms with Gasteiger partial charge in [-0.3, -0.25) is 4.79 Å². The van der Waals surface area contributed by atoms with Gasteiger partial charge in [0, 0.05) is 9.99 Å². The van der Waals surface area contributed by atoms with Crippen LogP contribution in [0.25, 0.3) is 0 Å². The number of hydrogen-bond acceptors (Lipinski definition) is 5. The number of nitrogens with two attached hydrogens (primary N) is 1. The van der Waals surface area contributed by atoms with Gasteiger partial charge in [0.1, 0.15) is 17.7 Å². The molecule has 9 heteroatoms. The number of hydrogen-bond donors (Lipinski definition) is 4. The molecule has 2 atom stereocenters. The molecule has 8 nitrogen and oxygen atoms in total.